The maximum Gasteiger partial charge on any atom is 0.152 e. The van der Waals surface area contributed by atoms with Gasteiger partial charge < -0.3 is 4.74 Å². The van der Waals surface area contributed by atoms with Crippen molar-refractivity contribution < 1.29 is 8.95 Å². The first-order valence-electron chi connectivity index (χ1n) is 7.03. The first kappa shape index (κ1) is 17.0. The molecule has 0 amide bonds. The number of halogens is 2. The fraction of sp³-hybridized carbons (Fsp3) is 0.118. The number of rotatable bonds is 4. The van der Waals surface area contributed by atoms with E-state index >= 15 is 0 Å². The summed E-state index contributed by atoms with van der Waals surface area (Å²) in [5, 5.41) is 5.20. The molecule has 2 aromatic carbocycles. The average molecular weight is 381 g/mol. The van der Waals surface area contributed by atoms with Gasteiger partial charge in [-0.25, -0.2) is 4.68 Å². The molecule has 3 rings (SSSR count). The second-order valence-electron chi connectivity index (χ2n) is 5.06. The van der Waals surface area contributed by atoms with Crippen LogP contribution in [-0.4, -0.2) is 27.4 Å². The lowest BCUT2D eigenvalue weighted by Gasteiger charge is -2.10. The van der Waals surface area contributed by atoms with E-state index in [1.807, 2.05) is 30.3 Å². The minimum atomic E-state index is -1.02. The van der Waals surface area contributed by atoms with E-state index in [2.05, 4.69) is 5.10 Å². The molecule has 1 heterocycles. The second kappa shape index (κ2) is 6.97. The smallest absolute Gasteiger partial charge is 0.152 e. The van der Waals surface area contributed by atoms with Gasteiger partial charge in [0.15, 0.2) is 5.15 Å². The van der Waals surface area contributed by atoms with Crippen molar-refractivity contribution in [3.8, 4) is 22.7 Å². The van der Waals surface area contributed by atoms with Crippen LogP contribution in [0.1, 0.15) is 0 Å². The Morgan fingerprint density at radius 3 is 2.38 bits per heavy atom. The number of nitrogens with zero attached hydrogens (tertiary/aromatic N) is 2. The molecular formula is C17H14Cl2N2O2S. The number of ether oxygens (including phenoxy) is 1. The highest BCUT2D eigenvalue weighted by atomic mass is 35.5. The SMILES string of the molecule is COc1ccc(-n2nc(Cl)cc2-c2ccc(S(C)=O)cc2)cc1Cl. The number of benzene rings is 2. The molecule has 0 bridgehead atoms. The van der Waals surface area contributed by atoms with Gasteiger partial charge in [0.25, 0.3) is 0 Å². The van der Waals surface area contributed by atoms with Crippen LogP contribution in [0.4, 0.5) is 0 Å². The summed E-state index contributed by atoms with van der Waals surface area (Å²) in [6, 6.07) is 14.6. The highest BCUT2D eigenvalue weighted by Gasteiger charge is 2.13. The molecule has 7 heteroatoms. The molecule has 3 aromatic rings. The normalized spacial score (nSPS) is 12.2. The maximum absolute atomic E-state index is 11.5. The fourth-order valence-corrected chi connectivity index (χ4v) is 3.31. The Labute approximate surface area is 152 Å². The molecule has 4 nitrogen and oxygen atoms in total. The molecule has 0 aliphatic heterocycles. The third-order valence-electron chi connectivity index (χ3n) is 3.54. The molecule has 0 N–H and O–H groups in total. The molecular weight excluding hydrogens is 367 g/mol. The lowest BCUT2D eigenvalue weighted by atomic mass is 10.1. The van der Waals surface area contributed by atoms with Crippen molar-refractivity contribution >= 4 is 34.0 Å². The lowest BCUT2D eigenvalue weighted by Crippen LogP contribution is -1.99. The minimum absolute atomic E-state index is 0.375. The summed E-state index contributed by atoms with van der Waals surface area (Å²) in [5.41, 5.74) is 2.50. The van der Waals surface area contributed by atoms with E-state index in [4.69, 9.17) is 27.9 Å². The average Bonchev–Trinajstić information content (AvgIpc) is 2.96. The van der Waals surface area contributed by atoms with E-state index in [0.717, 1.165) is 21.8 Å². The summed E-state index contributed by atoms with van der Waals surface area (Å²) >= 11 is 12.3. The molecule has 24 heavy (non-hydrogen) atoms. The van der Waals surface area contributed by atoms with Gasteiger partial charge in [-0.1, -0.05) is 35.3 Å². The lowest BCUT2D eigenvalue weighted by molar-refractivity contribution is 0.415. The van der Waals surface area contributed by atoms with Crippen LogP contribution in [0.15, 0.2) is 53.4 Å². The van der Waals surface area contributed by atoms with Crippen LogP contribution in [0.2, 0.25) is 10.2 Å². The van der Waals surface area contributed by atoms with E-state index < -0.39 is 10.8 Å². The zero-order valence-corrected chi connectivity index (χ0v) is 15.3. The van der Waals surface area contributed by atoms with E-state index in [1.165, 1.54) is 0 Å². The third kappa shape index (κ3) is 3.34. The summed E-state index contributed by atoms with van der Waals surface area (Å²) in [6.45, 7) is 0. The molecule has 0 spiro atoms. The quantitative estimate of drug-likeness (QED) is 0.664. The highest BCUT2D eigenvalue weighted by Crippen LogP contribution is 2.31. The predicted molar refractivity (Wildman–Crippen MR) is 97.9 cm³/mol. The molecule has 1 aromatic heterocycles. The monoisotopic (exact) mass is 380 g/mol. The maximum atomic E-state index is 11.5. The number of hydrogen-bond donors (Lipinski definition) is 0. The zero-order chi connectivity index (χ0) is 17.3. The van der Waals surface area contributed by atoms with E-state index in [0.29, 0.717) is 15.9 Å². The van der Waals surface area contributed by atoms with Gasteiger partial charge in [0.2, 0.25) is 0 Å². The standard InChI is InChI=1S/C17H14Cl2N2O2S/c1-23-16-8-5-12(9-14(16)18)21-15(10-17(19)20-21)11-3-6-13(7-4-11)24(2)22/h3-10H,1-2H3. The molecule has 124 valence electrons. The number of aromatic nitrogens is 2. The zero-order valence-electron chi connectivity index (χ0n) is 13.0. The molecule has 0 aliphatic rings. The van der Waals surface area contributed by atoms with Crippen molar-refractivity contribution in [2.75, 3.05) is 13.4 Å². The summed E-state index contributed by atoms with van der Waals surface area (Å²) in [7, 11) is 0.549. The minimum Gasteiger partial charge on any atom is -0.495 e. The van der Waals surface area contributed by atoms with Crippen LogP contribution in [0.25, 0.3) is 16.9 Å². The van der Waals surface area contributed by atoms with E-state index in [9.17, 15) is 4.21 Å². The van der Waals surface area contributed by atoms with Crippen LogP contribution < -0.4 is 4.74 Å². The van der Waals surface area contributed by atoms with Gasteiger partial charge in [-0.15, -0.1) is 0 Å². The number of methoxy groups -OCH3 is 1. The van der Waals surface area contributed by atoms with Gasteiger partial charge in [0.1, 0.15) is 5.75 Å². The topological polar surface area (TPSA) is 44.1 Å². The van der Waals surface area contributed by atoms with Crippen molar-refractivity contribution in [1.29, 1.82) is 0 Å². The van der Waals surface area contributed by atoms with Crippen LogP contribution >= 0.6 is 23.2 Å². The van der Waals surface area contributed by atoms with Gasteiger partial charge in [-0.2, -0.15) is 5.10 Å². The Morgan fingerprint density at radius 1 is 1.08 bits per heavy atom. The Hall–Kier alpha value is -1.82. The van der Waals surface area contributed by atoms with Crippen molar-refractivity contribution in [1.82, 2.24) is 9.78 Å². The van der Waals surface area contributed by atoms with Crippen LogP contribution in [-0.2, 0) is 10.8 Å². The van der Waals surface area contributed by atoms with Crippen LogP contribution in [0.3, 0.4) is 0 Å². The Morgan fingerprint density at radius 2 is 1.79 bits per heavy atom. The summed E-state index contributed by atoms with van der Waals surface area (Å²) in [5.74, 6) is 0.593. The molecule has 0 saturated carbocycles. The van der Waals surface area contributed by atoms with Crippen LogP contribution in [0.5, 0.6) is 5.75 Å². The fourth-order valence-electron chi connectivity index (χ4n) is 2.36. The van der Waals surface area contributed by atoms with E-state index in [-0.39, 0.29) is 0 Å². The first-order chi connectivity index (χ1) is 11.5. The summed E-state index contributed by atoms with van der Waals surface area (Å²) in [6.07, 6.45) is 1.65. The molecule has 1 unspecified atom stereocenters. The van der Waals surface area contributed by atoms with Crippen LogP contribution in [0, 0.1) is 0 Å². The molecule has 1 atom stereocenters. The Bertz CT molecular complexity index is 907. The third-order valence-corrected chi connectivity index (χ3v) is 4.96. The molecule has 0 aliphatic carbocycles. The predicted octanol–water partition coefficient (Wildman–Crippen LogP) is 4.59. The molecule has 0 fully saturated rings. The van der Waals surface area contributed by atoms with Crippen molar-refractivity contribution in [3.05, 3.63) is 58.7 Å². The van der Waals surface area contributed by atoms with Crippen molar-refractivity contribution in [2.24, 2.45) is 0 Å². The number of hydrogen-bond acceptors (Lipinski definition) is 3. The van der Waals surface area contributed by atoms with Gasteiger partial charge in [0.05, 0.1) is 23.5 Å². The highest BCUT2D eigenvalue weighted by molar-refractivity contribution is 7.84. The van der Waals surface area contributed by atoms with Gasteiger partial charge in [-0.3, -0.25) is 4.21 Å². The Kier molecular flexibility index (Phi) is 4.94. The Balaban J connectivity index is 2.08. The van der Waals surface area contributed by atoms with Gasteiger partial charge in [0, 0.05) is 33.6 Å². The molecule has 0 radical (unpaired) electrons. The summed E-state index contributed by atoms with van der Waals surface area (Å²) in [4.78, 5) is 0.767. The van der Waals surface area contributed by atoms with Crippen molar-refractivity contribution in [3.63, 3.8) is 0 Å². The largest absolute Gasteiger partial charge is 0.495 e. The van der Waals surface area contributed by atoms with Crippen molar-refractivity contribution in [2.45, 2.75) is 4.90 Å². The second-order valence-corrected chi connectivity index (χ2v) is 7.24. The van der Waals surface area contributed by atoms with Gasteiger partial charge >= 0.3 is 0 Å². The first-order valence-corrected chi connectivity index (χ1v) is 9.34. The summed E-state index contributed by atoms with van der Waals surface area (Å²) < 4.78 is 18.4. The van der Waals surface area contributed by atoms with E-state index in [1.54, 1.807) is 36.2 Å². The van der Waals surface area contributed by atoms with Gasteiger partial charge in [-0.05, 0) is 30.3 Å². The molecule has 0 saturated heterocycles.